The maximum Gasteiger partial charge on any atom is 0.239 e. The van der Waals surface area contributed by atoms with E-state index in [1.807, 2.05) is 0 Å². The largest absolute Gasteiger partial charge is 0.378 e. The number of carbonyl (C=O) groups is 1. The molecule has 0 bridgehead atoms. The van der Waals surface area contributed by atoms with Crippen LogP contribution in [0.15, 0.2) is 35.1 Å². The van der Waals surface area contributed by atoms with Crippen molar-refractivity contribution in [3.63, 3.8) is 0 Å². The highest BCUT2D eigenvalue weighted by molar-refractivity contribution is 9.10. The van der Waals surface area contributed by atoms with E-state index in [4.69, 9.17) is 5.73 Å². The monoisotopic (exact) mass is 326 g/mol. The van der Waals surface area contributed by atoms with Gasteiger partial charge < -0.3 is 11.1 Å². The lowest BCUT2D eigenvalue weighted by Crippen LogP contribution is -2.18. The van der Waals surface area contributed by atoms with E-state index in [0.717, 1.165) is 4.47 Å². The number of benzene rings is 1. The van der Waals surface area contributed by atoms with Gasteiger partial charge in [-0.05, 0) is 18.2 Å². The molecule has 0 unspecified atom stereocenters. The number of carbonyl (C=O) groups excluding carboxylic acids is 1. The van der Waals surface area contributed by atoms with Crippen LogP contribution in [-0.4, -0.2) is 15.7 Å². The molecule has 1 aromatic heterocycles. The zero-order valence-electron chi connectivity index (χ0n) is 9.94. The van der Waals surface area contributed by atoms with E-state index >= 15 is 0 Å². The molecule has 100 valence electrons. The average molecular weight is 327 g/mol. The summed E-state index contributed by atoms with van der Waals surface area (Å²) in [6.45, 7) is 0.348. The van der Waals surface area contributed by atoms with Crippen LogP contribution < -0.4 is 11.1 Å². The minimum absolute atomic E-state index is 0.0208. The highest BCUT2D eigenvalue weighted by Crippen LogP contribution is 2.17. The molecular weight excluding hydrogens is 315 g/mol. The van der Waals surface area contributed by atoms with Gasteiger partial charge in [-0.15, -0.1) is 0 Å². The van der Waals surface area contributed by atoms with Crippen LogP contribution in [0.4, 0.5) is 10.1 Å². The van der Waals surface area contributed by atoms with Gasteiger partial charge >= 0.3 is 0 Å². The number of hydrogen-bond donors (Lipinski definition) is 2. The molecule has 3 N–H and O–H groups in total. The van der Waals surface area contributed by atoms with E-state index in [9.17, 15) is 9.18 Å². The molecule has 5 nitrogen and oxygen atoms in total. The molecule has 1 aromatic carbocycles. The lowest BCUT2D eigenvalue weighted by Gasteiger charge is -2.05. The molecule has 1 heterocycles. The molecule has 19 heavy (non-hydrogen) atoms. The number of anilines is 1. The van der Waals surface area contributed by atoms with Crippen molar-refractivity contribution in [3.05, 3.63) is 46.4 Å². The molecule has 0 aliphatic heterocycles. The zero-order chi connectivity index (χ0) is 13.8. The average Bonchev–Trinajstić information content (AvgIpc) is 2.77. The first-order chi connectivity index (χ1) is 9.04. The molecule has 2 aromatic rings. The number of amides is 1. The summed E-state index contributed by atoms with van der Waals surface area (Å²) >= 11 is 3.29. The number of aromatic nitrogens is 2. The van der Waals surface area contributed by atoms with E-state index in [0.29, 0.717) is 17.8 Å². The van der Waals surface area contributed by atoms with Gasteiger partial charge in [-0.1, -0.05) is 15.9 Å². The van der Waals surface area contributed by atoms with Gasteiger partial charge in [-0.3, -0.25) is 9.48 Å². The van der Waals surface area contributed by atoms with Crippen molar-refractivity contribution in [2.24, 2.45) is 5.73 Å². The van der Waals surface area contributed by atoms with Crippen LogP contribution in [-0.2, 0) is 17.9 Å². The lowest BCUT2D eigenvalue weighted by molar-refractivity contribution is -0.118. The topological polar surface area (TPSA) is 72.9 Å². The number of halogens is 2. The van der Waals surface area contributed by atoms with Crippen LogP contribution in [0.5, 0.6) is 0 Å². The van der Waals surface area contributed by atoms with Gasteiger partial charge in [0.1, 0.15) is 12.4 Å². The van der Waals surface area contributed by atoms with Gasteiger partial charge in [-0.25, -0.2) is 4.39 Å². The summed E-state index contributed by atoms with van der Waals surface area (Å²) < 4.78 is 15.7. The van der Waals surface area contributed by atoms with Gasteiger partial charge in [0.2, 0.25) is 5.91 Å². The summed E-state index contributed by atoms with van der Waals surface area (Å²) in [4.78, 5) is 10.7. The Kier molecular flexibility index (Phi) is 4.16. The van der Waals surface area contributed by atoms with E-state index in [-0.39, 0.29) is 12.4 Å². The van der Waals surface area contributed by atoms with E-state index < -0.39 is 5.91 Å². The molecule has 0 aliphatic rings. The predicted molar refractivity (Wildman–Crippen MR) is 72.8 cm³/mol. The molecule has 7 heteroatoms. The fourth-order valence-electron chi connectivity index (χ4n) is 1.58. The van der Waals surface area contributed by atoms with Gasteiger partial charge in [0.25, 0.3) is 0 Å². The molecule has 0 spiro atoms. The maximum absolute atomic E-state index is 13.5. The molecule has 0 saturated carbocycles. The third-order valence-corrected chi connectivity index (χ3v) is 2.94. The second-order valence-electron chi connectivity index (χ2n) is 3.98. The van der Waals surface area contributed by atoms with Crippen molar-refractivity contribution >= 4 is 27.5 Å². The van der Waals surface area contributed by atoms with Crippen LogP contribution >= 0.6 is 15.9 Å². The van der Waals surface area contributed by atoms with E-state index in [1.54, 1.807) is 24.5 Å². The van der Waals surface area contributed by atoms with Gasteiger partial charge in [-0.2, -0.15) is 5.10 Å². The molecule has 0 atom stereocenters. The molecular formula is C12H12BrFN4O. The van der Waals surface area contributed by atoms with Crippen LogP contribution in [0.1, 0.15) is 5.56 Å². The van der Waals surface area contributed by atoms with Crippen molar-refractivity contribution < 1.29 is 9.18 Å². The maximum atomic E-state index is 13.5. The number of nitrogens with zero attached hydrogens (tertiary/aromatic N) is 2. The standard InChI is InChI=1S/C12H12BrFN4O/c13-9-1-2-11(14)8(3-9)4-16-10-5-17-18(6-10)7-12(15)19/h1-3,5-6,16H,4,7H2,(H2,15,19). The first-order valence-electron chi connectivity index (χ1n) is 5.53. The van der Waals surface area contributed by atoms with Crippen LogP contribution in [0.25, 0.3) is 0 Å². The van der Waals surface area contributed by atoms with Gasteiger partial charge in [0.15, 0.2) is 0 Å². The van der Waals surface area contributed by atoms with Crippen molar-refractivity contribution in [2.45, 2.75) is 13.1 Å². The first-order valence-corrected chi connectivity index (χ1v) is 6.32. The number of hydrogen-bond acceptors (Lipinski definition) is 3. The molecule has 0 radical (unpaired) electrons. The zero-order valence-corrected chi connectivity index (χ0v) is 11.5. The Hall–Kier alpha value is -1.89. The smallest absolute Gasteiger partial charge is 0.239 e. The number of nitrogens with one attached hydrogen (secondary N) is 1. The molecule has 0 aliphatic carbocycles. The lowest BCUT2D eigenvalue weighted by atomic mass is 10.2. The second-order valence-corrected chi connectivity index (χ2v) is 4.90. The quantitative estimate of drug-likeness (QED) is 0.881. The van der Waals surface area contributed by atoms with E-state index in [1.165, 1.54) is 10.7 Å². The molecule has 0 fully saturated rings. The van der Waals surface area contributed by atoms with Crippen molar-refractivity contribution in [2.75, 3.05) is 5.32 Å². The summed E-state index contributed by atoms with van der Waals surface area (Å²) in [5.74, 6) is -0.743. The summed E-state index contributed by atoms with van der Waals surface area (Å²) in [5, 5.41) is 6.99. The Bertz CT molecular complexity index is 599. The molecule has 1 amide bonds. The molecule has 2 rings (SSSR count). The van der Waals surface area contributed by atoms with Crippen molar-refractivity contribution in [3.8, 4) is 0 Å². The van der Waals surface area contributed by atoms with Crippen LogP contribution in [0, 0.1) is 5.82 Å². The summed E-state index contributed by atoms with van der Waals surface area (Å²) in [5.41, 5.74) is 6.29. The number of primary amides is 1. The van der Waals surface area contributed by atoms with Crippen molar-refractivity contribution in [1.82, 2.24) is 9.78 Å². The fraction of sp³-hybridized carbons (Fsp3) is 0.167. The van der Waals surface area contributed by atoms with Crippen LogP contribution in [0.2, 0.25) is 0 Å². The number of rotatable bonds is 5. The van der Waals surface area contributed by atoms with Gasteiger partial charge in [0, 0.05) is 22.8 Å². The Morgan fingerprint density at radius 2 is 2.32 bits per heavy atom. The normalized spacial score (nSPS) is 10.4. The van der Waals surface area contributed by atoms with Crippen molar-refractivity contribution in [1.29, 1.82) is 0 Å². The molecule has 0 saturated heterocycles. The third-order valence-electron chi connectivity index (χ3n) is 2.44. The van der Waals surface area contributed by atoms with E-state index in [2.05, 4.69) is 26.3 Å². The summed E-state index contributed by atoms with van der Waals surface area (Å²) in [6.07, 6.45) is 3.19. The Labute approximate surface area is 117 Å². The predicted octanol–water partition coefficient (Wildman–Crippen LogP) is 1.88. The Morgan fingerprint density at radius 1 is 1.53 bits per heavy atom. The Balaban J connectivity index is 2.00. The second kappa shape index (κ2) is 5.83. The minimum atomic E-state index is -0.465. The SMILES string of the molecule is NC(=O)Cn1cc(NCc2cc(Br)ccc2F)cn1. The van der Waals surface area contributed by atoms with Gasteiger partial charge in [0.05, 0.1) is 11.9 Å². The number of nitrogens with two attached hydrogens (primary N) is 1. The highest BCUT2D eigenvalue weighted by atomic mass is 79.9. The minimum Gasteiger partial charge on any atom is -0.378 e. The Morgan fingerprint density at radius 3 is 3.05 bits per heavy atom. The van der Waals surface area contributed by atoms with Crippen LogP contribution in [0.3, 0.4) is 0 Å². The summed E-state index contributed by atoms with van der Waals surface area (Å²) in [6, 6.07) is 4.75. The highest BCUT2D eigenvalue weighted by Gasteiger charge is 2.04. The first kappa shape index (κ1) is 13.5. The summed E-state index contributed by atoms with van der Waals surface area (Å²) in [7, 11) is 0. The third kappa shape index (κ3) is 3.78. The fourth-order valence-corrected chi connectivity index (χ4v) is 1.99.